The van der Waals surface area contributed by atoms with E-state index < -0.39 is 0 Å². The van der Waals surface area contributed by atoms with E-state index in [1.54, 1.807) is 11.3 Å². The number of pyridine rings is 1. The SMILES string of the molecule is Cc1nc(N(C)Cc2scnc2C)ccc1CN. The number of nitrogens with zero attached hydrogens (tertiary/aromatic N) is 3. The van der Waals surface area contributed by atoms with Crippen LogP contribution in [0, 0.1) is 13.8 Å². The molecular formula is C13H18N4S. The van der Waals surface area contributed by atoms with E-state index in [1.807, 2.05) is 38.5 Å². The van der Waals surface area contributed by atoms with Crippen LogP contribution >= 0.6 is 11.3 Å². The number of nitrogens with two attached hydrogens (primary N) is 1. The highest BCUT2D eigenvalue weighted by atomic mass is 32.1. The lowest BCUT2D eigenvalue weighted by Crippen LogP contribution is -2.18. The highest BCUT2D eigenvalue weighted by Gasteiger charge is 2.09. The second-order valence-corrected chi connectivity index (χ2v) is 5.27. The van der Waals surface area contributed by atoms with Crippen LogP contribution in [-0.2, 0) is 13.1 Å². The number of thiazole rings is 1. The van der Waals surface area contributed by atoms with E-state index in [-0.39, 0.29) is 0 Å². The van der Waals surface area contributed by atoms with Crippen LogP contribution in [0.2, 0.25) is 0 Å². The van der Waals surface area contributed by atoms with Crippen LogP contribution in [-0.4, -0.2) is 17.0 Å². The second kappa shape index (κ2) is 5.46. The summed E-state index contributed by atoms with van der Waals surface area (Å²) in [6.45, 7) is 5.41. The lowest BCUT2D eigenvalue weighted by Gasteiger charge is -2.18. The van der Waals surface area contributed by atoms with Crippen LogP contribution < -0.4 is 10.6 Å². The smallest absolute Gasteiger partial charge is 0.128 e. The zero-order chi connectivity index (χ0) is 13.1. The normalized spacial score (nSPS) is 10.7. The van der Waals surface area contributed by atoms with Crippen LogP contribution in [0.5, 0.6) is 0 Å². The zero-order valence-corrected chi connectivity index (χ0v) is 11.8. The first kappa shape index (κ1) is 13.0. The van der Waals surface area contributed by atoms with Gasteiger partial charge in [-0.25, -0.2) is 9.97 Å². The monoisotopic (exact) mass is 262 g/mol. The molecule has 0 aromatic carbocycles. The Morgan fingerprint density at radius 2 is 2.06 bits per heavy atom. The van der Waals surface area contributed by atoms with Crippen molar-refractivity contribution in [3.63, 3.8) is 0 Å². The van der Waals surface area contributed by atoms with Gasteiger partial charge in [-0.3, -0.25) is 0 Å². The van der Waals surface area contributed by atoms with Gasteiger partial charge in [-0.05, 0) is 25.5 Å². The molecular weight excluding hydrogens is 244 g/mol. The molecule has 0 aliphatic heterocycles. The molecule has 0 unspecified atom stereocenters. The Balaban J connectivity index is 2.16. The molecule has 2 heterocycles. The molecule has 0 bridgehead atoms. The molecule has 2 aromatic rings. The molecule has 0 atom stereocenters. The molecule has 18 heavy (non-hydrogen) atoms. The topological polar surface area (TPSA) is 55.0 Å². The van der Waals surface area contributed by atoms with Crippen LogP contribution in [0.25, 0.3) is 0 Å². The van der Waals surface area contributed by atoms with Crippen molar-refractivity contribution in [1.29, 1.82) is 0 Å². The predicted octanol–water partition coefficient (Wildman–Crippen LogP) is 2.25. The average Bonchev–Trinajstić information content (AvgIpc) is 2.75. The Morgan fingerprint density at radius 3 is 2.61 bits per heavy atom. The van der Waals surface area contributed by atoms with Gasteiger partial charge in [0.2, 0.25) is 0 Å². The Labute approximate surface area is 111 Å². The standard InChI is InChI=1S/C13H18N4S/c1-9-11(6-14)4-5-13(16-9)17(3)7-12-10(2)15-8-18-12/h4-5,8H,6-7,14H2,1-3H3. The molecule has 2 rings (SSSR count). The van der Waals surface area contributed by atoms with E-state index >= 15 is 0 Å². The van der Waals surface area contributed by atoms with Gasteiger partial charge in [-0.2, -0.15) is 0 Å². The van der Waals surface area contributed by atoms with Crippen LogP contribution in [0.1, 0.15) is 21.8 Å². The van der Waals surface area contributed by atoms with Gasteiger partial charge in [0.05, 0.1) is 17.7 Å². The van der Waals surface area contributed by atoms with E-state index in [9.17, 15) is 0 Å². The molecule has 2 aromatic heterocycles. The minimum atomic E-state index is 0.538. The highest BCUT2D eigenvalue weighted by molar-refractivity contribution is 7.09. The summed E-state index contributed by atoms with van der Waals surface area (Å²) >= 11 is 1.68. The largest absolute Gasteiger partial charge is 0.354 e. The van der Waals surface area contributed by atoms with Gasteiger partial charge in [0, 0.05) is 24.2 Å². The van der Waals surface area contributed by atoms with Crippen LogP contribution in [0.3, 0.4) is 0 Å². The van der Waals surface area contributed by atoms with Crippen molar-refractivity contribution in [2.24, 2.45) is 5.73 Å². The van der Waals surface area contributed by atoms with Crippen molar-refractivity contribution >= 4 is 17.2 Å². The first-order chi connectivity index (χ1) is 8.61. The molecule has 2 N–H and O–H groups in total. The molecule has 96 valence electrons. The molecule has 5 heteroatoms. The van der Waals surface area contributed by atoms with Gasteiger partial charge >= 0.3 is 0 Å². The summed E-state index contributed by atoms with van der Waals surface area (Å²) in [6, 6.07) is 4.07. The first-order valence-corrected chi connectivity index (χ1v) is 6.76. The quantitative estimate of drug-likeness (QED) is 0.918. The lowest BCUT2D eigenvalue weighted by molar-refractivity contribution is 0.887. The van der Waals surface area contributed by atoms with Gasteiger partial charge in [0.1, 0.15) is 5.82 Å². The molecule has 0 spiro atoms. The van der Waals surface area contributed by atoms with Gasteiger partial charge < -0.3 is 10.6 Å². The molecule has 0 fully saturated rings. The summed E-state index contributed by atoms with van der Waals surface area (Å²) in [5.74, 6) is 0.970. The van der Waals surface area contributed by atoms with Crippen molar-refractivity contribution in [1.82, 2.24) is 9.97 Å². The summed E-state index contributed by atoms with van der Waals surface area (Å²) in [5, 5.41) is 0. The van der Waals surface area contributed by atoms with E-state index in [4.69, 9.17) is 5.73 Å². The zero-order valence-electron chi connectivity index (χ0n) is 11.0. The van der Waals surface area contributed by atoms with Gasteiger partial charge in [0.15, 0.2) is 0 Å². The summed E-state index contributed by atoms with van der Waals surface area (Å²) in [4.78, 5) is 12.3. The number of hydrogen-bond acceptors (Lipinski definition) is 5. The molecule has 0 aliphatic carbocycles. The van der Waals surface area contributed by atoms with Crippen molar-refractivity contribution in [2.75, 3.05) is 11.9 Å². The summed E-state index contributed by atoms with van der Waals surface area (Å²) in [5.41, 5.74) is 10.7. The Bertz CT molecular complexity index is 536. The summed E-state index contributed by atoms with van der Waals surface area (Å²) < 4.78 is 0. The predicted molar refractivity (Wildman–Crippen MR) is 75.8 cm³/mol. The van der Waals surface area contributed by atoms with Crippen molar-refractivity contribution in [2.45, 2.75) is 26.9 Å². The van der Waals surface area contributed by atoms with E-state index in [0.29, 0.717) is 6.54 Å². The maximum atomic E-state index is 5.65. The molecule has 0 amide bonds. The number of rotatable bonds is 4. The third kappa shape index (κ3) is 2.68. The summed E-state index contributed by atoms with van der Waals surface area (Å²) in [6.07, 6.45) is 0. The number of aryl methyl sites for hydroxylation is 2. The third-order valence-electron chi connectivity index (χ3n) is 3.02. The third-order valence-corrected chi connectivity index (χ3v) is 3.94. The van der Waals surface area contributed by atoms with Crippen molar-refractivity contribution < 1.29 is 0 Å². The fraction of sp³-hybridized carbons (Fsp3) is 0.385. The summed E-state index contributed by atoms with van der Waals surface area (Å²) in [7, 11) is 2.04. The van der Waals surface area contributed by atoms with Gasteiger partial charge in [-0.15, -0.1) is 11.3 Å². The fourth-order valence-electron chi connectivity index (χ4n) is 1.78. The minimum Gasteiger partial charge on any atom is -0.354 e. The van der Waals surface area contributed by atoms with Gasteiger partial charge in [-0.1, -0.05) is 6.07 Å². The van der Waals surface area contributed by atoms with Gasteiger partial charge in [0.25, 0.3) is 0 Å². The molecule has 0 radical (unpaired) electrons. The van der Waals surface area contributed by atoms with Crippen molar-refractivity contribution in [3.8, 4) is 0 Å². The molecule has 0 saturated heterocycles. The van der Waals surface area contributed by atoms with E-state index in [1.165, 1.54) is 4.88 Å². The van der Waals surface area contributed by atoms with E-state index in [0.717, 1.165) is 29.3 Å². The van der Waals surface area contributed by atoms with E-state index in [2.05, 4.69) is 14.9 Å². The number of aromatic nitrogens is 2. The molecule has 0 aliphatic rings. The maximum Gasteiger partial charge on any atom is 0.128 e. The first-order valence-electron chi connectivity index (χ1n) is 5.88. The second-order valence-electron chi connectivity index (χ2n) is 4.34. The molecule has 0 saturated carbocycles. The van der Waals surface area contributed by atoms with Crippen LogP contribution in [0.4, 0.5) is 5.82 Å². The van der Waals surface area contributed by atoms with Crippen LogP contribution in [0.15, 0.2) is 17.6 Å². The number of anilines is 1. The maximum absolute atomic E-state index is 5.65. The highest BCUT2D eigenvalue weighted by Crippen LogP contribution is 2.19. The fourth-order valence-corrected chi connectivity index (χ4v) is 2.61. The van der Waals surface area contributed by atoms with Crippen molar-refractivity contribution in [3.05, 3.63) is 39.5 Å². The Kier molecular flexibility index (Phi) is 3.93. The minimum absolute atomic E-state index is 0.538. The lowest BCUT2D eigenvalue weighted by atomic mass is 10.2. The Morgan fingerprint density at radius 1 is 1.28 bits per heavy atom. The average molecular weight is 262 g/mol. The molecule has 4 nitrogen and oxygen atoms in total. The Hall–Kier alpha value is -1.46. The number of hydrogen-bond donors (Lipinski definition) is 1.